The number of rotatable bonds is 8. The molecule has 218 valence electrons. The summed E-state index contributed by atoms with van der Waals surface area (Å²) in [5.74, 6) is -1.33. The maximum atomic E-state index is 11.0. The van der Waals surface area contributed by atoms with Crippen molar-refractivity contribution in [2.45, 2.75) is 45.1 Å². The van der Waals surface area contributed by atoms with Gasteiger partial charge in [0.15, 0.2) is 0 Å². The van der Waals surface area contributed by atoms with E-state index in [1.54, 1.807) is 0 Å². The van der Waals surface area contributed by atoms with Gasteiger partial charge in [0.1, 0.15) is 30.0 Å². The summed E-state index contributed by atoms with van der Waals surface area (Å²) in [6, 6.07) is 18.3. The smallest absolute Gasteiger partial charge is 0.490 e. The van der Waals surface area contributed by atoms with Crippen molar-refractivity contribution >= 4 is 11.9 Å². The lowest BCUT2D eigenvalue weighted by molar-refractivity contribution is -0.192. The van der Waals surface area contributed by atoms with Gasteiger partial charge in [-0.2, -0.15) is 13.2 Å². The highest BCUT2D eigenvalue weighted by Crippen LogP contribution is 2.38. The first-order valence-electron chi connectivity index (χ1n) is 12.9. The fraction of sp³-hybridized carbons (Fsp3) is 0.333. The van der Waals surface area contributed by atoms with Crippen LogP contribution >= 0.6 is 0 Å². The van der Waals surface area contributed by atoms with Crippen molar-refractivity contribution in [3.63, 3.8) is 0 Å². The fourth-order valence-electron chi connectivity index (χ4n) is 4.69. The van der Waals surface area contributed by atoms with E-state index >= 15 is 0 Å². The van der Waals surface area contributed by atoms with Gasteiger partial charge in [-0.3, -0.25) is 4.79 Å². The summed E-state index contributed by atoms with van der Waals surface area (Å²) in [4.78, 5) is 19.9. The summed E-state index contributed by atoms with van der Waals surface area (Å²) >= 11 is 0. The Labute approximate surface area is 234 Å². The van der Waals surface area contributed by atoms with E-state index < -0.39 is 18.1 Å². The van der Waals surface area contributed by atoms with Crippen molar-refractivity contribution in [2.75, 3.05) is 19.7 Å². The molecule has 8 nitrogen and oxygen atoms in total. The molecular formula is C30H30F3NO7. The number of carbonyl (C=O) groups is 2. The van der Waals surface area contributed by atoms with Crippen LogP contribution in [0.3, 0.4) is 0 Å². The van der Waals surface area contributed by atoms with Gasteiger partial charge in [-0.25, -0.2) is 4.79 Å². The topological polar surface area (TPSA) is 114 Å². The molecule has 1 atom stereocenters. The Bertz CT molecular complexity index is 1400. The molecule has 0 aliphatic carbocycles. The Balaban J connectivity index is 0.000000493. The normalized spacial score (nSPS) is 16.0. The molecule has 3 aromatic rings. The van der Waals surface area contributed by atoms with E-state index in [1.807, 2.05) is 18.2 Å². The molecule has 2 aliphatic heterocycles. The van der Waals surface area contributed by atoms with Crippen LogP contribution in [0.1, 0.15) is 34.6 Å². The average Bonchev–Trinajstić information content (AvgIpc) is 3.26. The number of aliphatic carboxylic acids is 2. The minimum atomic E-state index is -5.08. The molecule has 5 rings (SSSR count). The summed E-state index contributed by atoms with van der Waals surface area (Å²) in [5, 5.41) is 19.4. The average molecular weight is 574 g/mol. The monoisotopic (exact) mass is 573 g/mol. The number of ether oxygens (including phenoxy) is 3. The molecule has 41 heavy (non-hydrogen) atoms. The van der Waals surface area contributed by atoms with Crippen LogP contribution in [0.15, 0.2) is 54.6 Å². The highest BCUT2D eigenvalue weighted by atomic mass is 19.4. The Kier molecular flexibility index (Phi) is 9.07. The van der Waals surface area contributed by atoms with E-state index in [2.05, 4.69) is 55.6 Å². The van der Waals surface area contributed by atoms with E-state index in [-0.39, 0.29) is 18.4 Å². The predicted octanol–water partition coefficient (Wildman–Crippen LogP) is 5.48. The molecular weight excluding hydrogens is 543 g/mol. The molecule has 1 unspecified atom stereocenters. The van der Waals surface area contributed by atoms with Crippen molar-refractivity contribution in [1.29, 1.82) is 0 Å². The molecule has 0 aromatic heterocycles. The molecule has 2 aliphatic rings. The second-order valence-electron chi connectivity index (χ2n) is 9.93. The van der Waals surface area contributed by atoms with Crippen LogP contribution in [0.5, 0.6) is 17.2 Å². The highest BCUT2D eigenvalue weighted by Gasteiger charge is 2.38. The molecule has 1 saturated heterocycles. The van der Waals surface area contributed by atoms with Crippen molar-refractivity contribution in [3.05, 3.63) is 76.9 Å². The SMILES string of the molecule is Cc1cc(OC2CNC2)cc(C)c1-c1cccc(COc2ccc3c(c2)OCC3CC(=O)O)c1.O=C(O)C(F)(F)F. The van der Waals surface area contributed by atoms with Crippen molar-refractivity contribution in [2.24, 2.45) is 0 Å². The van der Waals surface area contributed by atoms with E-state index in [4.69, 9.17) is 29.2 Å². The van der Waals surface area contributed by atoms with Gasteiger partial charge in [-0.1, -0.05) is 24.3 Å². The van der Waals surface area contributed by atoms with Crippen molar-refractivity contribution in [3.8, 4) is 28.4 Å². The second-order valence-corrected chi connectivity index (χ2v) is 9.93. The zero-order valence-electron chi connectivity index (χ0n) is 22.5. The largest absolute Gasteiger partial charge is 0.492 e. The molecule has 0 amide bonds. The maximum absolute atomic E-state index is 11.0. The van der Waals surface area contributed by atoms with Gasteiger partial charge in [0.2, 0.25) is 0 Å². The molecule has 0 bridgehead atoms. The fourth-order valence-corrected chi connectivity index (χ4v) is 4.69. The van der Waals surface area contributed by atoms with E-state index in [0.29, 0.717) is 24.7 Å². The molecule has 0 saturated carbocycles. The van der Waals surface area contributed by atoms with Crippen LogP contribution in [0.25, 0.3) is 11.1 Å². The van der Waals surface area contributed by atoms with Crippen LogP contribution < -0.4 is 19.5 Å². The third kappa shape index (κ3) is 7.69. The molecule has 0 spiro atoms. The molecule has 11 heteroatoms. The lowest BCUT2D eigenvalue weighted by Crippen LogP contribution is -2.50. The minimum absolute atomic E-state index is 0.0731. The van der Waals surface area contributed by atoms with Crippen LogP contribution in [-0.2, 0) is 16.2 Å². The molecule has 1 fully saturated rings. The van der Waals surface area contributed by atoms with E-state index in [0.717, 1.165) is 35.5 Å². The number of nitrogens with one attached hydrogen (secondary N) is 1. The first-order valence-corrected chi connectivity index (χ1v) is 12.9. The molecule has 2 heterocycles. The summed E-state index contributed by atoms with van der Waals surface area (Å²) < 4.78 is 49.5. The maximum Gasteiger partial charge on any atom is 0.490 e. The number of hydrogen-bond donors (Lipinski definition) is 3. The Morgan fingerprint density at radius 1 is 1.00 bits per heavy atom. The highest BCUT2D eigenvalue weighted by molar-refractivity contribution is 5.73. The van der Waals surface area contributed by atoms with Gasteiger partial charge < -0.3 is 29.7 Å². The lowest BCUT2D eigenvalue weighted by Gasteiger charge is -2.28. The number of aryl methyl sites for hydroxylation is 2. The van der Waals surface area contributed by atoms with Gasteiger partial charge in [-0.05, 0) is 65.9 Å². The lowest BCUT2D eigenvalue weighted by atomic mass is 9.94. The van der Waals surface area contributed by atoms with E-state index in [1.165, 1.54) is 16.7 Å². The van der Waals surface area contributed by atoms with Crippen molar-refractivity contribution < 1.29 is 47.2 Å². The predicted molar refractivity (Wildman–Crippen MR) is 144 cm³/mol. The first-order chi connectivity index (χ1) is 19.4. The molecule has 3 aromatic carbocycles. The van der Waals surface area contributed by atoms with Crippen LogP contribution in [0.2, 0.25) is 0 Å². The van der Waals surface area contributed by atoms with Crippen LogP contribution in [0, 0.1) is 13.8 Å². The third-order valence-corrected chi connectivity index (χ3v) is 6.70. The number of hydrogen-bond acceptors (Lipinski definition) is 6. The van der Waals surface area contributed by atoms with Crippen LogP contribution in [0.4, 0.5) is 13.2 Å². The number of carboxylic acids is 2. The van der Waals surface area contributed by atoms with Gasteiger partial charge in [0.05, 0.1) is 13.0 Å². The zero-order chi connectivity index (χ0) is 29.7. The number of fused-ring (bicyclic) bond motifs is 1. The number of halogens is 3. The minimum Gasteiger partial charge on any atom is -0.492 e. The van der Waals surface area contributed by atoms with Gasteiger partial charge in [-0.15, -0.1) is 0 Å². The molecule has 0 radical (unpaired) electrons. The second kappa shape index (κ2) is 12.5. The van der Waals surface area contributed by atoms with E-state index in [9.17, 15) is 18.0 Å². The third-order valence-electron chi connectivity index (χ3n) is 6.70. The summed E-state index contributed by atoms with van der Waals surface area (Å²) in [7, 11) is 0. The zero-order valence-corrected chi connectivity index (χ0v) is 22.5. The van der Waals surface area contributed by atoms with Gasteiger partial charge in [0, 0.05) is 30.6 Å². The van der Waals surface area contributed by atoms with Crippen LogP contribution in [-0.4, -0.2) is 54.1 Å². The summed E-state index contributed by atoms with van der Waals surface area (Å²) in [5.41, 5.74) is 6.75. The number of carboxylic acid groups (broad SMARTS) is 2. The number of benzene rings is 3. The standard InChI is InChI=1S/C28H29NO5.C2HF3O2/c1-17-8-23(34-24-13-29-14-24)9-18(2)28(17)20-5-3-4-19(10-20)15-32-22-6-7-25-21(11-27(30)31)16-33-26(25)12-22;3-2(4,5)1(6)7/h3-10,12,21,24,29H,11,13-16H2,1-2H3,(H,30,31);(H,6,7). The quantitative estimate of drug-likeness (QED) is 0.325. The summed E-state index contributed by atoms with van der Waals surface area (Å²) in [6.45, 7) is 6.88. The first kappa shape index (κ1) is 29.7. The Hall–Kier alpha value is -4.25. The van der Waals surface area contributed by atoms with Crippen molar-refractivity contribution in [1.82, 2.24) is 5.32 Å². The Morgan fingerprint density at radius 3 is 2.27 bits per heavy atom. The van der Waals surface area contributed by atoms with Gasteiger partial charge in [0.25, 0.3) is 0 Å². The Morgan fingerprint density at radius 2 is 1.68 bits per heavy atom. The number of alkyl halides is 3. The van der Waals surface area contributed by atoms with Gasteiger partial charge >= 0.3 is 18.1 Å². The summed E-state index contributed by atoms with van der Waals surface area (Å²) in [6.07, 6.45) is -4.75. The molecule has 3 N–H and O–H groups in total.